The highest BCUT2D eigenvalue weighted by Gasteiger charge is 2.46. The van der Waals surface area contributed by atoms with Gasteiger partial charge in [0.15, 0.2) is 11.6 Å². The number of halogens is 4. The largest absolute Gasteiger partial charge is 0.452 e. The van der Waals surface area contributed by atoms with Gasteiger partial charge in [0.2, 0.25) is 5.91 Å². The van der Waals surface area contributed by atoms with Gasteiger partial charge in [-0.15, -0.1) is 0 Å². The summed E-state index contributed by atoms with van der Waals surface area (Å²) in [4.78, 5) is 22.5. The molecule has 0 unspecified atom stereocenters. The number of aliphatic hydroxyl groups is 1. The van der Waals surface area contributed by atoms with E-state index in [0.717, 1.165) is 6.07 Å². The Labute approximate surface area is 204 Å². The third-order valence-electron chi connectivity index (χ3n) is 6.16. The first-order valence-corrected chi connectivity index (χ1v) is 11.2. The van der Waals surface area contributed by atoms with Crippen molar-refractivity contribution in [1.29, 1.82) is 0 Å². The smallest absolute Gasteiger partial charge is 0.257 e. The Morgan fingerprint density at radius 2 is 2.00 bits per heavy atom. The number of likely N-dealkylation sites (tertiary alicyclic amines) is 1. The number of aliphatic hydroxyl groups excluding tert-OH is 1. The number of hydrogen-bond donors (Lipinski definition) is 2. The summed E-state index contributed by atoms with van der Waals surface area (Å²) in [7, 11) is 0. The van der Waals surface area contributed by atoms with Crippen molar-refractivity contribution < 1.29 is 32.2 Å². The number of nitrogens with one attached hydrogen (secondary N) is 1. The maximum absolute atomic E-state index is 14.6. The van der Waals surface area contributed by atoms with Crippen molar-refractivity contribution in [3.63, 3.8) is 0 Å². The molecular weight excluding hydrogens is 480 g/mol. The van der Waals surface area contributed by atoms with E-state index in [2.05, 4.69) is 15.3 Å². The monoisotopic (exact) mass is 504 g/mol. The van der Waals surface area contributed by atoms with Crippen LogP contribution in [0.4, 0.5) is 23.4 Å². The summed E-state index contributed by atoms with van der Waals surface area (Å²) in [5, 5.41) is 12.0. The molecular formula is C25H24F4N4O3. The SMILES string of the molecule is C[C@@H](C(=O)Nc1ccc(Oc2c(F)cc(F)cc2CO)cn1)N1CCC(F)(F)[C@@H](c2ccncc2)C1. The predicted molar refractivity (Wildman–Crippen MR) is 123 cm³/mol. The maximum atomic E-state index is 14.6. The first-order valence-electron chi connectivity index (χ1n) is 11.2. The normalized spacial score (nSPS) is 18.4. The molecule has 11 heteroatoms. The molecule has 2 aromatic heterocycles. The summed E-state index contributed by atoms with van der Waals surface area (Å²) >= 11 is 0. The second kappa shape index (κ2) is 10.6. The van der Waals surface area contributed by atoms with Crippen molar-refractivity contribution in [2.45, 2.75) is 37.8 Å². The molecule has 3 heterocycles. The van der Waals surface area contributed by atoms with E-state index in [0.29, 0.717) is 11.6 Å². The molecule has 0 spiro atoms. The number of ether oxygens (including phenoxy) is 1. The Bertz CT molecular complexity index is 1210. The van der Waals surface area contributed by atoms with E-state index in [9.17, 15) is 27.5 Å². The van der Waals surface area contributed by atoms with Gasteiger partial charge in [0.05, 0.1) is 24.8 Å². The van der Waals surface area contributed by atoms with E-state index in [1.54, 1.807) is 24.0 Å². The van der Waals surface area contributed by atoms with Crippen molar-refractivity contribution in [3.8, 4) is 11.5 Å². The quantitative estimate of drug-likeness (QED) is 0.461. The molecule has 2 N–H and O–H groups in total. The highest BCUT2D eigenvalue weighted by Crippen LogP contribution is 2.40. The molecule has 3 aromatic rings. The Balaban J connectivity index is 1.40. The number of pyridine rings is 2. The summed E-state index contributed by atoms with van der Waals surface area (Å²) < 4.78 is 62.0. The molecule has 1 aliphatic heterocycles. The second-order valence-corrected chi connectivity index (χ2v) is 8.52. The number of carbonyl (C=O) groups is 1. The number of nitrogens with zero attached hydrogens (tertiary/aromatic N) is 3. The van der Waals surface area contributed by atoms with Crippen LogP contribution in [0.3, 0.4) is 0 Å². The van der Waals surface area contributed by atoms with Gasteiger partial charge in [-0.2, -0.15) is 0 Å². The maximum Gasteiger partial charge on any atom is 0.257 e. The van der Waals surface area contributed by atoms with Crippen LogP contribution < -0.4 is 10.1 Å². The van der Waals surface area contributed by atoms with Gasteiger partial charge >= 0.3 is 0 Å². The van der Waals surface area contributed by atoms with Crippen LogP contribution in [0.25, 0.3) is 0 Å². The summed E-state index contributed by atoms with van der Waals surface area (Å²) in [6, 6.07) is 6.83. The molecule has 0 saturated carbocycles. The summed E-state index contributed by atoms with van der Waals surface area (Å²) in [6.45, 7) is 1.06. The lowest BCUT2D eigenvalue weighted by atomic mass is 9.87. The fourth-order valence-electron chi connectivity index (χ4n) is 4.10. The second-order valence-electron chi connectivity index (χ2n) is 8.52. The Kier molecular flexibility index (Phi) is 7.51. The van der Waals surface area contributed by atoms with Crippen molar-refractivity contribution in [2.24, 2.45) is 0 Å². The third-order valence-corrected chi connectivity index (χ3v) is 6.16. The summed E-state index contributed by atoms with van der Waals surface area (Å²) in [5.74, 6) is -6.28. The average molecular weight is 504 g/mol. The lowest BCUT2D eigenvalue weighted by molar-refractivity contribution is -0.125. The van der Waals surface area contributed by atoms with E-state index in [-0.39, 0.29) is 42.4 Å². The molecule has 7 nitrogen and oxygen atoms in total. The zero-order chi connectivity index (χ0) is 25.9. The van der Waals surface area contributed by atoms with Crippen LogP contribution in [-0.4, -0.2) is 50.9 Å². The zero-order valence-corrected chi connectivity index (χ0v) is 19.3. The van der Waals surface area contributed by atoms with Crippen LogP contribution in [0.1, 0.15) is 30.4 Å². The molecule has 0 aliphatic carbocycles. The lowest BCUT2D eigenvalue weighted by Gasteiger charge is -2.40. The number of piperidine rings is 1. The van der Waals surface area contributed by atoms with Crippen LogP contribution in [0.2, 0.25) is 0 Å². The van der Waals surface area contributed by atoms with Gasteiger partial charge in [-0.1, -0.05) is 0 Å². The van der Waals surface area contributed by atoms with Gasteiger partial charge in [-0.3, -0.25) is 14.7 Å². The molecule has 190 valence electrons. The van der Waals surface area contributed by atoms with E-state index in [1.807, 2.05) is 0 Å². The first-order chi connectivity index (χ1) is 17.2. The number of benzene rings is 1. The topological polar surface area (TPSA) is 87.6 Å². The van der Waals surface area contributed by atoms with Crippen LogP contribution in [0, 0.1) is 11.6 Å². The molecule has 4 rings (SSSR count). The van der Waals surface area contributed by atoms with Gasteiger partial charge in [-0.05, 0) is 42.8 Å². The van der Waals surface area contributed by atoms with E-state index < -0.39 is 42.0 Å². The van der Waals surface area contributed by atoms with Crippen LogP contribution in [-0.2, 0) is 11.4 Å². The fraction of sp³-hybridized carbons (Fsp3) is 0.320. The van der Waals surface area contributed by atoms with E-state index in [1.165, 1.54) is 30.7 Å². The fourth-order valence-corrected chi connectivity index (χ4v) is 4.10. The average Bonchev–Trinajstić information content (AvgIpc) is 2.86. The van der Waals surface area contributed by atoms with E-state index in [4.69, 9.17) is 4.74 Å². The molecule has 1 fully saturated rings. The minimum absolute atomic E-state index is 0.00221. The number of aromatic nitrogens is 2. The molecule has 36 heavy (non-hydrogen) atoms. The van der Waals surface area contributed by atoms with Gasteiger partial charge in [-0.25, -0.2) is 22.5 Å². The number of anilines is 1. The highest BCUT2D eigenvalue weighted by atomic mass is 19.3. The molecule has 1 aliphatic rings. The van der Waals surface area contributed by atoms with Crippen LogP contribution in [0.5, 0.6) is 11.5 Å². The number of amides is 1. The molecule has 0 bridgehead atoms. The minimum atomic E-state index is -2.90. The molecule has 1 amide bonds. The number of carbonyl (C=O) groups excluding carboxylic acids is 1. The van der Waals surface area contributed by atoms with Gasteiger partial charge < -0.3 is 15.2 Å². The summed E-state index contributed by atoms with van der Waals surface area (Å²) in [6.07, 6.45) is 3.78. The van der Waals surface area contributed by atoms with E-state index >= 15 is 0 Å². The highest BCUT2D eigenvalue weighted by molar-refractivity contribution is 5.93. The van der Waals surface area contributed by atoms with Crippen molar-refractivity contribution in [1.82, 2.24) is 14.9 Å². The molecule has 2 atom stereocenters. The van der Waals surface area contributed by atoms with Crippen molar-refractivity contribution in [2.75, 3.05) is 18.4 Å². The molecule has 1 saturated heterocycles. The Morgan fingerprint density at radius 1 is 1.25 bits per heavy atom. The predicted octanol–water partition coefficient (Wildman–Crippen LogP) is 4.49. The number of alkyl halides is 2. The Hall–Kier alpha value is -3.57. The minimum Gasteiger partial charge on any atom is -0.452 e. The number of hydrogen-bond acceptors (Lipinski definition) is 6. The summed E-state index contributed by atoms with van der Waals surface area (Å²) in [5.41, 5.74) is 0.391. The van der Waals surface area contributed by atoms with Gasteiger partial charge in [0.25, 0.3) is 5.92 Å². The third kappa shape index (κ3) is 5.63. The first kappa shape index (κ1) is 25.5. The van der Waals surface area contributed by atoms with Crippen molar-refractivity contribution >= 4 is 11.7 Å². The lowest BCUT2D eigenvalue weighted by Crippen LogP contribution is -2.52. The Morgan fingerprint density at radius 3 is 2.67 bits per heavy atom. The van der Waals surface area contributed by atoms with Crippen LogP contribution >= 0.6 is 0 Å². The number of rotatable bonds is 7. The zero-order valence-electron chi connectivity index (χ0n) is 19.3. The van der Waals surface area contributed by atoms with Crippen molar-refractivity contribution in [3.05, 3.63) is 77.8 Å². The standard InChI is InChI=1S/C25H24F4N4O3/c1-15(33-9-6-25(28,29)20(13-33)16-4-7-30-8-5-16)24(35)32-22-3-2-19(12-31-22)36-23-17(14-34)10-18(26)11-21(23)27/h2-5,7-8,10-12,15,20,34H,6,9,13-14H2,1H3,(H,31,32,35)/t15-,20+/m0/s1. The van der Waals surface area contributed by atoms with Gasteiger partial charge in [0.1, 0.15) is 17.4 Å². The molecule has 1 aromatic carbocycles. The van der Waals surface area contributed by atoms with Gasteiger partial charge in [0, 0.05) is 43.5 Å². The molecule has 0 radical (unpaired) electrons. The van der Waals surface area contributed by atoms with Crippen LogP contribution in [0.15, 0.2) is 55.0 Å².